The molecular formula is C20H26N2O5S2. The second kappa shape index (κ2) is 13.4. The van der Waals surface area contributed by atoms with Crippen molar-refractivity contribution >= 4 is 35.1 Å². The van der Waals surface area contributed by atoms with Crippen LogP contribution in [0, 0.1) is 0 Å². The van der Waals surface area contributed by atoms with Gasteiger partial charge in [0.2, 0.25) is 0 Å². The summed E-state index contributed by atoms with van der Waals surface area (Å²) in [7, 11) is 0. The van der Waals surface area contributed by atoms with Crippen LogP contribution in [0.15, 0.2) is 32.9 Å². The molecule has 0 N–H and O–H groups in total. The maximum absolute atomic E-state index is 5.77. The van der Waals surface area contributed by atoms with Gasteiger partial charge < -0.3 is 23.7 Å². The Kier molecular flexibility index (Phi) is 10.2. The van der Waals surface area contributed by atoms with Crippen molar-refractivity contribution in [1.82, 2.24) is 0 Å². The fraction of sp³-hybridized carbons (Fsp3) is 0.500. The van der Waals surface area contributed by atoms with Crippen molar-refractivity contribution < 1.29 is 23.7 Å². The third-order valence-electron chi connectivity index (χ3n) is 3.80. The lowest BCUT2D eigenvalue weighted by Gasteiger charge is -2.08. The highest BCUT2D eigenvalue weighted by Gasteiger charge is 2.04. The van der Waals surface area contributed by atoms with Gasteiger partial charge >= 0.3 is 0 Å². The molecular weight excluding hydrogens is 412 g/mol. The van der Waals surface area contributed by atoms with Crippen LogP contribution in [0.1, 0.15) is 9.75 Å². The number of hydrogen-bond acceptors (Lipinski definition) is 9. The average molecular weight is 439 g/mol. The van der Waals surface area contributed by atoms with Crippen molar-refractivity contribution in [2.75, 3.05) is 65.9 Å². The number of ether oxygens (including phenoxy) is 5. The zero-order valence-electron chi connectivity index (χ0n) is 16.3. The van der Waals surface area contributed by atoms with Crippen molar-refractivity contribution in [2.24, 2.45) is 9.98 Å². The minimum absolute atomic E-state index is 0.491. The van der Waals surface area contributed by atoms with Crippen molar-refractivity contribution in [3.63, 3.8) is 0 Å². The highest BCUT2D eigenvalue weighted by Crippen LogP contribution is 2.23. The molecule has 0 unspecified atom stereocenters. The molecule has 0 saturated carbocycles. The summed E-state index contributed by atoms with van der Waals surface area (Å²) in [5, 5.41) is 3.98. The molecule has 0 aromatic carbocycles. The lowest BCUT2D eigenvalue weighted by Crippen LogP contribution is -2.13. The zero-order chi connectivity index (χ0) is 20.0. The van der Waals surface area contributed by atoms with Crippen LogP contribution >= 0.6 is 22.7 Å². The van der Waals surface area contributed by atoms with Crippen molar-refractivity contribution in [2.45, 2.75) is 0 Å². The third kappa shape index (κ3) is 8.23. The summed E-state index contributed by atoms with van der Waals surface area (Å²) < 4.78 is 28.2. The van der Waals surface area contributed by atoms with E-state index in [1.165, 1.54) is 0 Å². The van der Waals surface area contributed by atoms with Crippen molar-refractivity contribution in [3.8, 4) is 11.5 Å². The van der Waals surface area contributed by atoms with Gasteiger partial charge in [0.25, 0.3) is 0 Å². The Bertz CT molecular complexity index is 697. The smallest absolute Gasteiger partial charge is 0.138 e. The van der Waals surface area contributed by atoms with E-state index in [1.54, 1.807) is 22.7 Å². The van der Waals surface area contributed by atoms with E-state index in [1.807, 2.05) is 35.3 Å². The molecule has 3 rings (SSSR count). The Balaban J connectivity index is 1.49. The minimum Gasteiger partial charge on any atom is -0.490 e. The number of rotatable bonds is 0. The molecule has 0 saturated heterocycles. The molecule has 3 heterocycles. The molecule has 0 bridgehead atoms. The molecule has 0 radical (unpaired) electrons. The standard InChI is InChI=1S/C20H26N2O5S2/c1-13-28-19-15-21-3-5-23-6-4-22-16-20-18(2-14-29-20)27-12-10-25-8-7-24-9-11-26-17(1)19/h1-2,13-16H,3-12H2. The summed E-state index contributed by atoms with van der Waals surface area (Å²) in [5.41, 5.74) is 0. The van der Waals surface area contributed by atoms with Gasteiger partial charge in [-0.2, -0.15) is 0 Å². The van der Waals surface area contributed by atoms with Crippen molar-refractivity contribution in [3.05, 3.63) is 32.6 Å². The summed E-state index contributed by atoms with van der Waals surface area (Å²) in [5.74, 6) is 1.66. The third-order valence-corrected chi connectivity index (χ3v) is 5.47. The Morgan fingerprint density at radius 3 is 1.55 bits per heavy atom. The van der Waals surface area contributed by atoms with E-state index in [0.29, 0.717) is 65.9 Å². The lowest BCUT2D eigenvalue weighted by molar-refractivity contribution is 0.0274. The van der Waals surface area contributed by atoms with Gasteiger partial charge in [-0.1, -0.05) is 0 Å². The molecule has 2 aromatic rings. The summed E-state index contributed by atoms with van der Waals surface area (Å²) >= 11 is 3.20. The van der Waals surface area contributed by atoms with E-state index >= 15 is 0 Å². The van der Waals surface area contributed by atoms with Gasteiger partial charge in [-0.25, -0.2) is 0 Å². The van der Waals surface area contributed by atoms with Gasteiger partial charge in [-0.15, -0.1) is 22.7 Å². The maximum atomic E-state index is 5.77. The first-order chi connectivity index (χ1) is 14.4. The van der Waals surface area contributed by atoms with Crippen LogP contribution in [0.5, 0.6) is 11.5 Å². The minimum atomic E-state index is 0.491. The summed E-state index contributed by atoms with van der Waals surface area (Å²) in [6, 6.07) is 3.90. The normalized spacial score (nSPS) is 18.2. The molecule has 158 valence electrons. The molecule has 0 spiro atoms. The monoisotopic (exact) mass is 438 g/mol. The first-order valence-electron chi connectivity index (χ1n) is 9.57. The van der Waals surface area contributed by atoms with E-state index in [4.69, 9.17) is 23.7 Å². The number of hydrogen-bond donors (Lipinski definition) is 0. The fourth-order valence-electron chi connectivity index (χ4n) is 2.42. The van der Waals surface area contributed by atoms with E-state index < -0.39 is 0 Å². The SMILES string of the molecule is C1=NCCOCCN=Cc2sccc2OCCOCCOCCOc2ccsc21. The van der Waals surface area contributed by atoms with Gasteiger partial charge in [0.05, 0.1) is 62.5 Å². The summed E-state index contributed by atoms with van der Waals surface area (Å²) in [6.45, 7) is 5.39. The van der Waals surface area contributed by atoms with E-state index in [9.17, 15) is 0 Å². The first kappa shape index (κ1) is 21.9. The van der Waals surface area contributed by atoms with Crippen LogP contribution in [-0.2, 0) is 14.2 Å². The number of thiophene rings is 2. The van der Waals surface area contributed by atoms with Gasteiger partial charge in [-0.05, 0) is 22.9 Å². The van der Waals surface area contributed by atoms with Crippen molar-refractivity contribution in [1.29, 1.82) is 0 Å². The van der Waals surface area contributed by atoms with Gasteiger partial charge in [0.15, 0.2) is 0 Å². The Hall–Kier alpha value is -1.78. The van der Waals surface area contributed by atoms with Gasteiger partial charge in [0.1, 0.15) is 24.7 Å². The second-order valence-electron chi connectivity index (χ2n) is 5.90. The van der Waals surface area contributed by atoms with E-state index in [2.05, 4.69) is 9.98 Å². The Labute approximate surface area is 179 Å². The molecule has 0 fully saturated rings. The fourth-order valence-corrected chi connectivity index (χ4v) is 3.85. The molecule has 9 heteroatoms. The Morgan fingerprint density at radius 2 is 1.03 bits per heavy atom. The topological polar surface area (TPSA) is 70.9 Å². The molecule has 0 amide bonds. The molecule has 0 atom stereocenters. The molecule has 0 aliphatic carbocycles. The maximum Gasteiger partial charge on any atom is 0.138 e. The highest BCUT2D eigenvalue weighted by atomic mass is 32.1. The van der Waals surface area contributed by atoms with Crippen LogP contribution in [0.2, 0.25) is 0 Å². The Morgan fingerprint density at radius 1 is 0.586 bits per heavy atom. The van der Waals surface area contributed by atoms with Crippen LogP contribution < -0.4 is 9.47 Å². The molecule has 7 nitrogen and oxygen atoms in total. The predicted octanol–water partition coefficient (Wildman–Crippen LogP) is 3.17. The van der Waals surface area contributed by atoms with Crippen LogP contribution in [0.25, 0.3) is 0 Å². The number of aliphatic imine (C=N–C) groups is 2. The zero-order valence-corrected chi connectivity index (χ0v) is 17.9. The molecule has 29 heavy (non-hydrogen) atoms. The van der Waals surface area contributed by atoms with E-state index in [-0.39, 0.29) is 0 Å². The predicted molar refractivity (Wildman–Crippen MR) is 117 cm³/mol. The van der Waals surface area contributed by atoms with Crippen LogP contribution in [-0.4, -0.2) is 78.4 Å². The second-order valence-corrected chi connectivity index (χ2v) is 7.80. The molecule has 2 aromatic heterocycles. The quantitative estimate of drug-likeness (QED) is 0.632. The van der Waals surface area contributed by atoms with Gasteiger partial charge in [-0.3, -0.25) is 9.98 Å². The average Bonchev–Trinajstić information content (AvgIpc) is 3.36. The highest BCUT2D eigenvalue weighted by molar-refractivity contribution is 7.12. The number of fused-ring (bicyclic) bond motifs is 2. The van der Waals surface area contributed by atoms with Gasteiger partial charge in [0, 0.05) is 12.4 Å². The summed E-state index contributed by atoms with van der Waals surface area (Å²) in [4.78, 5) is 10.8. The largest absolute Gasteiger partial charge is 0.490 e. The lowest BCUT2D eigenvalue weighted by atomic mass is 10.4. The number of nitrogens with zero attached hydrogens (tertiary/aromatic N) is 2. The molecule has 1 aliphatic rings. The summed E-state index contributed by atoms with van der Waals surface area (Å²) in [6.07, 6.45) is 3.67. The van der Waals surface area contributed by atoms with Crippen LogP contribution in [0.4, 0.5) is 0 Å². The first-order valence-corrected chi connectivity index (χ1v) is 11.3. The van der Waals surface area contributed by atoms with Crippen LogP contribution in [0.3, 0.4) is 0 Å². The van der Waals surface area contributed by atoms with E-state index in [0.717, 1.165) is 21.3 Å². The molecule has 1 aliphatic heterocycles.